The monoisotopic (exact) mass is 377 g/mol. The average Bonchev–Trinajstić information content (AvgIpc) is 2.55. The molecular formula is C19H20ClNO3S. The summed E-state index contributed by atoms with van der Waals surface area (Å²) in [5.74, 6) is -0.219. The summed E-state index contributed by atoms with van der Waals surface area (Å²) in [5.41, 5.74) is 3.97. The molecule has 0 atom stereocenters. The molecule has 0 aliphatic heterocycles. The van der Waals surface area contributed by atoms with Gasteiger partial charge >= 0.3 is 0 Å². The maximum absolute atomic E-state index is 12.3. The van der Waals surface area contributed by atoms with E-state index in [9.17, 15) is 13.2 Å². The number of aryl methyl sites for hydroxylation is 2. The lowest BCUT2D eigenvalue weighted by Crippen LogP contribution is -2.15. The Bertz CT molecular complexity index is 922. The van der Waals surface area contributed by atoms with Crippen molar-refractivity contribution in [3.8, 4) is 0 Å². The van der Waals surface area contributed by atoms with E-state index < -0.39 is 9.84 Å². The van der Waals surface area contributed by atoms with Crippen molar-refractivity contribution in [1.29, 1.82) is 0 Å². The lowest BCUT2D eigenvalue weighted by molar-refractivity contribution is -0.115. The maximum Gasteiger partial charge on any atom is 0.228 e. The van der Waals surface area contributed by atoms with Gasteiger partial charge in [0.05, 0.1) is 22.0 Å². The van der Waals surface area contributed by atoms with Crippen molar-refractivity contribution in [2.75, 3.05) is 11.6 Å². The number of hydrogen-bond acceptors (Lipinski definition) is 3. The van der Waals surface area contributed by atoms with Crippen LogP contribution in [0.15, 0.2) is 41.3 Å². The fourth-order valence-corrected chi connectivity index (χ4v) is 3.92. The number of amides is 1. The Kier molecular flexibility index (Phi) is 5.16. The van der Waals surface area contributed by atoms with Gasteiger partial charge in [0.2, 0.25) is 5.91 Å². The van der Waals surface area contributed by atoms with Gasteiger partial charge in [-0.15, -0.1) is 0 Å². The largest absolute Gasteiger partial charge is 0.324 e. The molecule has 0 bridgehead atoms. The highest BCUT2D eigenvalue weighted by molar-refractivity contribution is 7.90. The van der Waals surface area contributed by atoms with Crippen LogP contribution in [0.2, 0.25) is 5.02 Å². The SMILES string of the molecule is CS(=O)(=O)c1ccc(Cl)c(NC(=O)Cc2ccc3c(c2)CCCC3)c1. The third-order valence-corrected chi connectivity index (χ3v) is 5.86. The maximum atomic E-state index is 12.3. The zero-order chi connectivity index (χ0) is 18.0. The second kappa shape index (κ2) is 7.18. The summed E-state index contributed by atoms with van der Waals surface area (Å²) in [7, 11) is -3.36. The zero-order valence-corrected chi connectivity index (χ0v) is 15.6. The normalized spacial score (nSPS) is 14.0. The highest BCUT2D eigenvalue weighted by atomic mass is 35.5. The highest BCUT2D eigenvalue weighted by Crippen LogP contribution is 2.26. The van der Waals surface area contributed by atoms with Gasteiger partial charge in [-0.3, -0.25) is 4.79 Å². The Morgan fingerprint density at radius 1 is 1.08 bits per heavy atom. The lowest BCUT2D eigenvalue weighted by atomic mass is 9.90. The number of sulfone groups is 1. The Morgan fingerprint density at radius 3 is 2.52 bits per heavy atom. The minimum atomic E-state index is -3.36. The molecule has 25 heavy (non-hydrogen) atoms. The first-order valence-corrected chi connectivity index (χ1v) is 10.5. The topological polar surface area (TPSA) is 63.2 Å². The number of carbonyl (C=O) groups is 1. The molecule has 2 aromatic rings. The van der Waals surface area contributed by atoms with Crippen LogP contribution in [-0.4, -0.2) is 20.6 Å². The van der Waals surface area contributed by atoms with Crippen LogP contribution >= 0.6 is 11.6 Å². The van der Waals surface area contributed by atoms with Crippen LogP contribution in [0, 0.1) is 0 Å². The van der Waals surface area contributed by atoms with Crippen molar-refractivity contribution in [3.63, 3.8) is 0 Å². The molecule has 6 heteroatoms. The van der Waals surface area contributed by atoms with Gasteiger partial charge in [-0.25, -0.2) is 8.42 Å². The number of hydrogen-bond donors (Lipinski definition) is 1. The first-order chi connectivity index (χ1) is 11.8. The minimum absolute atomic E-state index is 0.126. The van der Waals surface area contributed by atoms with E-state index in [1.54, 1.807) is 0 Å². The molecule has 0 aromatic heterocycles. The summed E-state index contributed by atoms with van der Waals surface area (Å²) in [5, 5.41) is 3.03. The molecule has 0 radical (unpaired) electrons. The van der Waals surface area contributed by atoms with Crippen LogP contribution in [0.4, 0.5) is 5.69 Å². The molecule has 2 aromatic carbocycles. The van der Waals surface area contributed by atoms with Gasteiger partial charge in [0, 0.05) is 6.26 Å². The number of anilines is 1. The van der Waals surface area contributed by atoms with E-state index in [2.05, 4.69) is 17.4 Å². The molecule has 1 aliphatic carbocycles. The summed E-state index contributed by atoms with van der Waals surface area (Å²) in [6.07, 6.45) is 5.93. The predicted octanol–water partition coefficient (Wildman–Crippen LogP) is 3.80. The molecule has 0 heterocycles. The molecule has 0 fully saturated rings. The fraction of sp³-hybridized carbons (Fsp3) is 0.316. The number of fused-ring (bicyclic) bond motifs is 1. The smallest absolute Gasteiger partial charge is 0.228 e. The van der Waals surface area contributed by atoms with Gasteiger partial charge in [0.25, 0.3) is 0 Å². The standard InChI is InChI=1S/C19H20ClNO3S/c1-25(23,24)16-8-9-17(20)18(12-16)21-19(22)11-13-6-7-14-4-2-3-5-15(14)10-13/h6-10,12H,2-5,11H2,1H3,(H,21,22). The quantitative estimate of drug-likeness (QED) is 0.881. The van der Waals surface area contributed by atoms with Crippen molar-refractivity contribution in [3.05, 3.63) is 58.1 Å². The van der Waals surface area contributed by atoms with E-state index in [0.29, 0.717) is 10.7 Å². The van der Waals surface area contributed by atoms with E-state index in [4.69, 9.17) is 11.6 Å². The van der Waals surface area contributed by atoms with Crippen molar-refractivity contribution < 1.29 is 13.2 Å². The molecular weight excluding hydrogens is 358 g/mol. The van der Waals surface area contributed by atoms with Gasteiger partial charge in [-0.05, 0) is 60.6 Å². The molecule has 1 amide bonds. The van der Waals surface area contributed by atoms with Gasteiger partial charge in [-0.2, -0.15) is 0 Å². The third kappa shape index (κ3) is 4.41. The number of halogens is 1. The predicted molar refractivity (Wildman–Crippen MR) is 100.0 cm³/mol. The Balaban J connectivity index is 1.75. The summed E-state index contributed by atoms with van der Waals surface area (Å²) in [6, 6.07) is 10.5. The van der Waals surface area contributed by atoms with E-state index in [1.807, 2.05) is 6.07 Å². The number of carbonyl (C=O) groups excluding carboxylic acids is 1. The molecule has 4 nitrogen and oxygen atoms in total. The Labute approximate surface area is 153 Å². The van der Waals surface area contributed by atoms with Crippen molar-refractivity contribution in [2.45, 2.75) is 37.0 Å². The second-order valence-electron chi connectivity index (χ2n) is 6.45. The fourth-order valence-electron chi connectivity index (χ4n) is 3.11. The van der Waals surface area contributed by atoms with E-state index in [-0.39, 0.29) is 17.2 Å². The van der Waals surface area contributed by atoms with Gasteiger partial charge in [0.15, 0.2) is 9.84 Å². The molecule has 0 spiro atoms. The van der Waals surface area contributed by atoms with E-state index in [1.165, 1.54) is 42.2 Å². The molecule has 1 N–H and O–H groups in total. The molecule has 0 saturated heterocycles. The van der Waals surface area contributed by atoms with Crippen LogP contribution in [0.5, 0.6) is 0 Å². The van der Waals surface area contributed by atoms with Crippen LogP contribution < -0.4 is 5.32 Å². The average molecular weight is 378 g/mol. The van der Waals surface area contributed by atoms with Crippen LogP contribution in [0.1, 0.15) is 29.5 Å². The summed E-state index contributed by atoms with van der Waals surface area (Å²) in [6.45, 7) is 0. The number of nitrogens with one attached hydrogen (secondary N) is 1. The van der Waals surface area contributed by atoms with Crippen LogP contribution in [0.3, 0.4) is 0 Å². The zero-order valence-electron chi connectivity index (χ0n) is 14.0. The van der Waals surface area contributed by atoms with Crippen LogP contribution in [0.25, 0.3) is 0 Å². The van der Waals surface area contributed by atoms with Crippen LogP contribution in [-0.2, 0) is 33.9 Å². The number of rotatable bonds is 4. The number of benzene rings is 2. The molecule has 0 unspecified atom stereocenters. The first-order valence-electron chi connectivity index (χ1n) is 8.23. The molecule has 0 saturated carbocycles. The molecule has 1 aliphatic rings. The highest BCUT2D eigenvalue weighted by Gasteiger charge is 2.14. The summed E-state index contributed by atoms with van der Waals surface area (Å²) >= 11 is 6.08. The first kappa shape index (κ1) is 18.0. The van der Waals surface area contributed by atoms with Crippen molar-refractivity contribution in [1.82, 2.24) is 0 Å². The molecule has 132 valence electrons. The third-order valence-electron chi connectivity index (χ3n) is 4.42. The van der Waals surface area contributed by atoms with Gasteiger partial charge in [0.1, 0.15) is 0 Å². The van der Waals surface area contributed by atoms with Gasteiger partial charge in [-0.1, -0.05) is 29.8 Å². The summed E-state index contributed by atoms with van der Waals surface area (Å²) < 4.78 is 23.3. The van der Waals surface area contributed by atoms with Gasteiger partial charge < -0.3 is 5.32 Å². The summed E-state index contributed by atoms with van der Waals surface area (Å²) in [4.78, 5) is 12.5. The second-order valence-corrected chi connectivity index (χ2v) is 8.87. The Hall–Kier alpha value is -1.85. The van der Waals surface area contributed by atoms with E-state index in [0.717, 1.165) is 24.7 Å². The van der Waals surface area contributed by atoms with Crippen molar-refractivity contribution in [2.24, 2.45) is 0 Å². The lowest BCUT2D eigenvalue weighted by Gasteiger charge is -2.16. The van der Waals surface area contributed by atoms with E-state index >= 15 is 0 Å². The Morgan fingerprint density at radius 2 is 1.80 bits per heavy atom. The molecule has 3 rings (SSSR count). The van der Waals surface area contributed by atoms with Crippen molar-refractivity contribution >= 4 is 33.0 Å². The minimum Gasteiger partial charge on any atom is -0.324 e.